The van der Waals surface area contributed by atoms with Gasteiger partial charge in [0, 0.05) is 46.2 Å². The molecule has 2 N–H and O–H groups in total. The molecule has 1 unspecified atom stereocenters. The molecule has 3 aromatic rings. The second-order valence-electron chi connectivity index (χ2n) is 5.78. The van der Waals surface area contributed by atoms with Crippen molar-refractivity contribution in [3.63, 3.8) is 0 Å². The van der Waals surface area contributed by atoms with E-state index in [0.717, 1.165) is 5.52 Å². The van der Waals surface area contributed by atoms with Crippen molar-refractivity contribution in [3.8, 4) is 17.2 Å². The van der Waals surface area contributed by atoms with E-state index in [4.69, 9.17) is 16.9 Å². The average molecular weight is 360 g/mol. The molecule has 1 heterocycles. The molecular weight excluding hydrogens is 344 g/mol. The zero-order valence-corrected chi connectivity index (χ0v) is 14.3. The lowest BCUT2D eigenvalue weighted by Crippen LogP contribution is -2.20. The molecule has 0 aliphatic carbocycles. The molecule has 0 amide bonds. The standard InChI is InChI=1S/C19H16ClF2N3/c1-11(24-9-3-8-23)19-17(18-14(21)4-2-5-15(18)22)13-10-12(20)6-7-16(13)25-19/h2,4-7,10-11,24-25H,3,9H2,1H3. The normalized spacial score (nSPS) is 12.3. The third-order valence-electron chi connectivity index (χ3n) is 4.12. The number of hydrogen-bond acceptors (Lipinski definition) is 2. The molecule has 2 aromatic carbocycles. The van der Waals surface area contributed by atoms with E-state index in [-0.39, 0.29) is 11.6 Å². The summed E-state index contributed by atoms with van der Waals surface area (Å²) in [6.45, 7) is 2.36. The van der Waals surface area contributed by atoms with Crippen LogP contribution in [-0.4, -0.2) is 11.5 Å². The number of aromatic amines is 1. The van der Waals surface area contributed by atoms with Gasteiger partial charge in [0.15, 0.2) is 0 Å². The number of nitrogens with one attached hydrogen (secondary N) is 2. The summed E-state index contributed by atoms with van der Waals surface area (Å²) < 4.78 is 28.9. The van der Waals surface area contributed by atoms with Gasteiger partial charge in [0.1, 0.15) is 11.6 Å². The maximum atomic E-state index is 14.4. The predicted molar refractivity (Wildman–Crippen MR) is 95.3 cm³/mol. The number of H-pyrrole nitrogens is 1. The molecule has 1 aromatic heterocycles. The van der Waals surface area contributed by atoms with Crippen LogP contribution >= 0.6 is 11.6 Å². The monoisotopic (exact) mass is 359 g/mol. The van der Waals surface area contributed by atoms with Crippen LogP contribution in [0.5, 0.6) is 0 Å². The summed E-state index contributed by atoms with van der Waals surface area (Å²) in [6, 6.07) is 10.8. The maximum Gasteiger partial charge on any atom is 0.134 e. The maximum absolute atomic E-state index is 14.4. The molecule has 0 aliphatic heterocycles. The van der Waals surface area contributed by atoms with E-state index in [1.54, 1.807) is 18.2 Å². The van der Waals surface area contributed by atoms with E-state index in [1.807, 2.05) is 6.92 Å². The summed E-state index contributed by atoms with van der Waals surface area (Å²) in [5, 5.41) is 13.0. The van der Waals surface area contributed by atoms with Gasteiger partial charge in [-0.3, -0.25) is 0 Å². The molecule has 25 heavy (non-hydrogen) atoms. The van der Waals surface area contributed by atoms with Crippen molar-refractivity contribution in [1.82, 2.24) is 10.3 Å². The second kappa shape index (κ2) is 7.22. The first-order valence-corrected chi connectivity index (χ1v) is 8.26. The minimum absolute atomic E-state index is 0.0834. The Balaban J connectivity index is 2.22. The van der Waals surface area contributed by atoms with Gasteiger partial charge in [-0.05, 0) is 37.3 Å². The van der Waals surface area contributed by atoms with Gasteiger partial charge >= 0.3 is 0 Å². The van der Waals surface area contributed by atoms with Gasteiger partial charge in [0.2, 0.25) is 0 Å². The van der Waals surface area contributed by atoms with Crippen molar-refractivity contribution in [1.29, 1.82) is 5.26 Å². The summed E-state index contributed by atoms with van der Waals surface area (Å²) in [6.07, 6.45) is 0.347. The number of fused-ring (bicyclic) bond motifs is 1. The molecule has 0 bridgehead atoms. The Labute approximate surface area is 149 Å². The van der Waals surface area contributed by atoms with Gasteiger partial charge < -0.3 is 10.3 Å². The number of aromatic nitrogens is 1. The lowest BCUT2D eigenvalue weighted by Gasteiger charge is -2.15. The van der Waals surface area contributed by atoms with Crippen LogP contribution in [0.15, 0.2) is 36.4 Å². The molecule has 0 saturated carbocycles. The second-order valence-corrected chi connectivity index (χ2v) is 6.22. The predicted octanol–water partition coefficient (Wildman–Crippen LogP) is 5.33. The Morgan fingerprint density at radius 3 is 2.60 bits per heavy atom. The molecule has 0 saturated heterocycles. The molecule has 6 heteroatoms. The van der Waals surface area contributed by atoms with Crippen LogP contribution in [0.1, 0.15) is 25.1 Å². The van der Waals surface area contributed by atoms with Crippen molar-refractivity contribution >= 4 is 22.5 Å². The van der Waals surface area contributed by atoms with Gasteiger partial charge in [-0.1, -0.05) is 17.7 Å². The first-order chi connectivity index (χ1) is 12.0. The van der Waals surface area contributed by atoms with E-state index >= 15 is 0 Å². The van der Waals surface area contributed by atoms with Gasteiger partial charge in [-0.25, -0.2) is 8.78 Å². The van der Waals surface area contributed by atoms with Crippen LogP contribution in [0.3, 0.4) is 0 Å². The highest BCUT2D eigenvalue weighted by Crippen LogP contribution is 2.39. The fourth-order valence-electron chi connectivity index (χ4n) is 2.96. The van der Waals surface area contributed by atoms with E-state index in [0.29, 0.717) is 34.6 Å². The Hall–Kier alpha value is -2.42. The van der Waals surface area contributed by atoms with E-state index < -0.39 is 11.6 Å². The van der Waals surface area contributed by atoms with Gasteiger partial charge in [0.05, 0.1) is 11.6 Å². The molecule has 3 nitrogen and oxygen atoms in total. The van der Waals surface area contributed by atoms with Crippen LogP contribution < -0.4 is 5.32 Å². The van der Waals surface area contributed by atoms with Crippen molar-refractivity contribution < 1.29 is 8.78 Å². The van der Waals surface area contributed by atoms with Gasteiger partial charge in [-0.15, -0.1) is 0 Å². The summed E-state index contributed by atoms with van der Waals surface area (Å²) in [5.74, 6) is -1.27. The minimum Gasteiger partial charge on any atom is -0.357 e. The summed E-state index contributed by atoms with van der Waals surface area (Å²) in [4.78, 5) is 3.23. The number of halogens is 3. The van der Waals surface area contributed by atoms with Crippen molar-refractivity contribution in [3.05, 3.63) is 58.7 Å². The number of nitrogens with zero attached hydrogens (tertiary/aromatic N) is 1. The molecule has 0 spiro atoms. The SMILES string of the molecule is CC(NCCC#N)c1[nH]c2ccc(Cl)cc2c1-c1c(F)cccc1F. The Bertz CT molecular complexity index is 939. The first kappa shape index (κ1) is 17.4. The van der Waals surface area contributed by atoms with Crippen LogP contribution in [-0.2, 0) is 0 Å². The van der Waals surface area contributed by atoms with Crippen molar-refractivity contribution in [2.24, 2.45) is 0 Å². The number of rotatable bonds is 5. The number of hydrogen-bond donors (Lipinski definition) is 2. The lowest BCUT2D eigenvalue weighted by atomic mass is 9.98. The highest BCUT2D eigenvalue weighted by Gasteiger charge is 2.23. The minimum atomic E-state index is -0.633. The third kappa shape index (κ3) is 3.37. The van der Waals surface area contributed by atoms with Crippen molar-refractivity contribution in [2.45, 2.75) is 19.4 Å². The summed E-state index contributed by atoms with van der Waals surface area (Å²) in [7, 11) is 0. The Kier molecular flexibility index (Phi) is 5.03. The Morgan fingerprint density at radius 1 is 1.20 bits per heavy atom. The highest BCUT2D eigenvalue weighted by molar-refractivity contribution is 6.31. The zero-order valence-electron chi connectivity index (χ0n) is 13.5. The fraction of sp³-hybridized carbons (Fsp3) is 0.211. The smallest absolute Gasteiger partial charge is 0.134 e. The van der Waals surface area contributed by atoms with E-state index in [9.17, 15) is 8.78 Å². The van der Waals surface area contributed by atoms with Crippen LogP contribution in [0.4, 0.5) is 8.78 Å². The van der Waals surface area contributed by atoms with Crippen molar-refractivity contribution in [2.75, 3.05) is 6.54 Å². The van der Waals surface area contributed by atoms with Crippen LogP contribution in [0.25, 0.3) is 22.0 Å². The topological polar surface area (TPSA) is 51.6 Å². The summed E-state index contributed by atoms with van der Waals surface area (Å²) >= 11 is 6.10. The van der Waals surface area contributed by atoms with E-state index in [2.05, 4.69) is 16.4 Å². The van der Waals surface area contributed by atoms with Gasteiger partial charge in [0.25, 0.3) is 0 Å². The molecule has 128 valence electrons. The first-order valence-electron chi connectivity index (χ1n) is 7.88. The third-order valence-corrected chi connectivity index (χ3v) is 4.36. The van der Waals surface area contributed by atoms with Crippen LogP contribution in [0.2, 0.25) is 5.02 Å². The molecular formula is C19H16ClF2N3. The zero-order chi connectivity index (χ0) is 18.0. The fourth-order valence-corrected chi connectivity index (χ4v) is 3.13. The Morgan fingerprint density at radius 2 is 1.92 bits per heavy atom. The average Bonchev–Trinajstić information content (AvgIpc) is 2.93. The molecule has 3 rings (SSSR count). The molecule has 1 atom stereocenters. The lowest BCUT2D eigenvalue weighted by molar-refractivity contribution is 0.569. The van der Waals surface area contributed by atoms with Gasteiger partial charge in [-0.2, -0.15) is 5.26 Å². The number of benzene rings is 2. The largest absolute Gasteiger partial charge is 0.357 e. The van der Waals surface area contributed by atoms with E-state index in [1.165, 1.54) is 18.2 Å². The summed E-state index contributed by atoms with van der Waals surface area (Å²) in [5.41, 5.74) is 1.76. The molecule has 0 fully saturated rings. The number of nitriles is 1. The molecule has 0 radical (unpaired) electrons. The van der Waals surface area contributed by atoms with Crippen LogP contribution in [0, 0.1) is 23.0 Å². The quantitative estimate of drug-likeness (QED) is 0.605. The molecule has 0 aliphatic rings. The highest BCUT2D eigenvalue weighted by atomic mass is 35.5.